The molecule has 0 spiro atoms. The summed E-state index contributed by atoms with van der Waals surface area (Å²) in [6.45, 7) is 1.08. The van der Waals surface area contributed by atoms with Crippen LogP contribution in [-0.2, 0) is 4.79 Å². The molecular weight excluding hydrogens is 249 g/mol. The first kappa shape index (κ1) is 16.4. The van der Waals surface area contributed by atoms with Gasteiger partial charge in [-0.3, -0.25) is 4.79 Å². The van der Waals surface area contributed by atoms with Crippen LogP contribution < -0.4 is 74.0 Å². The SMILES string of the molecule is CC(=O)O.O=C([O-])O.[Cs+]. The summed E-state index contributed by atoms with van der Waals surface area (Å²) in [5.74, 6) is -0.833. The van der Waals surface area contributed by atoms with Crippen LogP contribution in [0.25, 0.3) is 0 Å². The van der Waals surface area contributed by atoms with Gasteiger partial charge in [0, 0.05) is 6.92 Å². The van der Waals surface area contributed by atoms with E-state index in [1.807, 2.05) is 0 Å². The standard InChI is InChI=1S/C2H4O2.CH2O3.Cs/c1-2(3)4;2-1(3)4;/h1H3,(H,3,4);(H2,2,3,4);/q;;+1/p-1. The number of hydrogen-bond donors (Lipinski definition) is 2. The van der Waals surface area contributed by atoms with Crippen molar-refractivity contribution in [2.24, 2.45) is 0 Å². The van der Waals surface area contributed by atoms with E-state index >= 15 is 0 Å². The van der Waals surface area contributed by atoms with Crippen LogP contribution in [0.3, 0.4) is 0 Å². The van der Waals surface area contributed by atoms with Gasteiger partial charge in [-0.2, -0.15) is 0 Å². The van der Waals surface area contributed by atoms with Crippen LogP contribution in [0.2, 0.25) is 0 Å². The van der Waals surface area contributed by atoms with Crippen molar-refractivity contribution in [2.45, 2.75) is 6.92 Å². The van der Waals surface area contributed by atoms with Crippen LogP contribution >= 0.6 is 0 Å². The third-order valence-corrected chi connectivity index (χ3v) is 0. The molecule has 0 amide bonds. The fourth-order valence-electron chi connectivity index (χ4n) is 0. The average Bonchev–Trinajstić information content (AvgIpc) is 1.25. The molecule has 0 atom stereocenters. The number of carboxylic acids is 1. The second-order valence-corrected chi connectivity index (χ2v) is 0.785. The Balaban J connectivity index is -0.0000000720. The first-order chi connectivity index (χ1) is 3.46. The minimum atomic E-state index is -2.08. The Morgan fingerprint density at radius 3 is 1.33 bits per heavy atom. The zero-order valence-corrected chi connectivity index (χ0v) is 11.4. The molecule has 0 bridgehead atoms. The van der Waals surface area contributed by atoms with Gasteiger partial charge >= 0.3 is 68.9 Å². The maximum absolute atomic E-state index is 9.00. The van der Waals surface area contributed by atoms with Gasteiger partial charge in [0.15, 0.2) is 0 Å². The molecule has 48 valence electrons. The molecule has 0 aromatic rings. The molecule has 9 heavy (non-hydrogen) atoms. The van der Waals surface area contributed by atoms with Gasteiger partial charge in [-0.1, -0.05) is 0 Å². The second-order valence-electron chi connectivity index (χ2n) is 0.785. The number of hydrogen-bond acceptors (Lipinski definition) is 3. The van der Waals surface area contributed by atoms with E-state index in [1.54, 1.807) is 0 Å². The van der Waals surface area contributed by atoms with Crippen molar-refractivity contribution in [1.29, 1.82) is 0 Å². The predicted octanol–water partition coefficient (Wildman–Crippen LogP) is -4.02. The molecule has 2 N–H and O–H groups in total. The van der Waals surface area contributed by atoms with Crippen molar-refractivity contribution in [2.75, 3.05) is 0 Å². The molecule has 0 aromatic heterocycles. The molecule has 0 rings (SSSR count). The normalized spacial score (nSPS) is 5.44. The summed E-state index contributed by atoms with van der Waals surface area (Å²) in [6.07, 6.45) is -2.08. The molecule has 0 heterocycles. The van der Waals surface area contributed by atoms with E-state index in [1.165, 1.54) is 0 Å². The van der Waals surface area contributed by atoms with Gasteiger partial charge in [0.25, 0.3) is 5.97 Å². The Bertz CT molecular complexity index is 70.2. The third-order valence-electron chi connectivity index (χ3n) is 0. The van der Waals surface area contributed by atoms with Crippen LogP contribution in [0.5, 0.6) is 0 Å². The largest absolute Gasteiger partial charge is 1.00 e. The Labute approximate surface area is 110 Å². The van der Waals surface area contributed by atoms with Crippen molar-refractivity contribution in [3.63, 3.8) is 0 Å². The molecule has 0 unspecified atom stereocenters. The fraction of sp³-hybridized carbons (Fsp3) is 0.333. The number of rotatable bonds is 0. The summed E-state index contributed by atoms with van der Waals surface area (Å²) in [7, 11) is 0. The molecule has 0 radical (unpaired) electrons. The minimum Gasteiger partial charge on any atom is -0.565 e. The van der Waals surface area contributed by atoms with E-state index in [9.17, 15) is 0 Å². The van der Waals surface area contributed by atoms with E-state index in [4.69, 9.17) is 24.9 Å². The summed E-state index contributed by atoms with van der Waals surface area (Å²) in [5, 5.41) is 22.7. The van der Waals surface area contributed by atoms with E-state index in [-0.39, 0.29) is 68.9 Å². The van der Waals surface area contributed by atoms with Gasteiger partial charge in [0.2, 0.25) is 6.16 Å². The maximum atomic E-state index is 9.00. The fourth-order valence-corrected chi connectivity index (χ4v) is 0. The van der Waals surface area contributed by atoms with Gasteiger partial charge < -0.3 is 20.1 Å². The minimum absolute atomic E-state index is 0. The monoisotopic (exact) mass is 254 g/mol. The average molecular weight is 254 g/mol. The van der Waals surface area contributed by atoms with E-state index in [2.05, 4.69) is 0 Å². The summed E-state index contributed by atoms with van der Waals surface area (Å²) >= 11 is 0. The molecule has 5 nitrogen and oxygen atoms in total. The molecule has 0 aromatic carbocycles. The number of carboxylic acid groups (broad SMARTS) is 3. The Morgan fingerprint density at radius 2 is 1.33 bits per heavy atom. The quantitative estimate of drug-likeness (QED) is 0.459. The second kappa shape index (κ2) is 11.6. The zero-order chi connectivity index (χ0) is 7.15. The maximum Gasteiger partial charge on any atom is 1.00 e. The van der Waals surface area contributed by atoms with Crippen LogP contribution in [-0.4, -0.2) is 22.3 Å². The van der Waals surface area contributed by atoms with Gasteiger partial charge in [0.05, 0.1) is 0 Å². The van der Waals surface area contributed by atoms with Crippen molar-refractivity contribution in [3.05, 3.63) is 0 Å². The predicted molar refractivity (Wildman–Crippen MR) is 21.3 cm³/mol. The van der Waals surface area contributed by atoms with Gasteiger partial charge in [0.1, 0.15) is 0 Å². The first-order valence-electron chi connectivity index (χ1n) is 1.56. The van der Waals surface area contributed by atoms with Crippen LogP contribution in [0, 0.1) is 0 Å². The molecule has 0 aliphatic heterocycles. The molecule has 0 aliphatic rings. The van der Waals surface area contributed by atoms with E-state index in [0.29, 0.717) is 0 Å². The van der Waals surface area contributed by atoms with Crippen LogP contribution in [0.4, 0.5) is 4.79 Å². The summed E-state index contributed by atoms with van der Waals surface area (Å²) in [5.41, 5.74) is 0. The molecule has 0 saturated carbocycles. The molecule has 0 saturated heterocycles. The van der Waals surface area contributed by atoms with Gasteiger partial charge in [-0.15, -0.1) is 0 Å². The molecule has 0 fully saturated rings. The van der Waals surface area contributed by atoms with Crippen molar-refractivity contribution < 1.29 is 93.8 Å². The van der Waals surface area contributed by atoms with Gasteiger partial charge in [-0.05, 0) is 0 Å². The van der Waals surface area contributed by atoms with Crippen molar-refractivity contribution >= 4 is 12.1 Å². The molecular formula is C3H5CsO5. The number of carbonyl (C=O) groups is 2. The van der Waals surface area contributed by atoms with Gasteiger partial charge in [-0.25, -0.2) is 0 Å². The van der Waals surface area contributed by atoms with Crippen molar-refractivity contribution in [1.82, 2.24) is 0 Å². The molecule has 6 heteroatoms. The summed E-state index contributed by atoms with van der Waals surface area (Å²) in [6, 6.07) is 0. The Morgan fingerprint density at radius 1 is 1.33 bits per heavy atom. The van der Waals surface area contributed by atoms with Crippen molar-refractivity contribution in [3.8, 4) is 0 Å². The zero-order valence-electron chi connectivity index (χ0n) is 5.12. The molecule has 0 aliphatic carbocycles. The summed E-state index contributed by atoms with van der Waals surface area (Å²) in [4.78, 5) is 17.4. The van der Waals surface area contributed by atoms with E-state index in [0.717, 1.165) is 6.92 Å². The Kier molecular flexibility index (Phi) is 21.1. The number of aliphatic carboxylic acids is 1. The summed E-state index contributed by atoms with van der Waals surface area (Å²) < 4.78 is 0. The van der Waals surface area contributed by atoms with Crippen LogP contribution in [0.1, 0.15) is 6.92 Å². The Hall–Kier alpha value is 0.792. The third kappa shape index (κ3) is 647. The first-order valence-corrected chi connectivity index (χ1v) is 1.56. The smallest absolute Gasteiger partial charge is 0.565 e. The van der Waals surface area contributed by atoms with Crippen LogP contribution in [0.15, 0.2) is 0 Å². The topological polar surface area (TPSA) is 97.7 Å². The van der Waals surface area contributed by atoms with E-state index < -0.39 is 12.1 Å².